The van der Waals surface area contributed by atoms with E-state index < -0.39 is 0 Å². The molecule has 0 bridgehead atoms. The van der Waals surface area contributed by atoms with Crippen molar-refractivity contribution in [2.45, 2.75) is 33.8 Å². The molecule has 1 amide bonds. The lowest BCUT2D eigenvalue weighted by atomic mass is 10.1. The van der Waals surface area contributed by atoms with Gasteiger partial charge in [0.05, 0.1) is 13.2 Å². The summed E-state index contributed by atoms with van der Waals surface area (Å²) in [5, 5.41) is 12.1. The minimum absolute atomic E-state index is 0.132. The molecule has 2 N–H and O–H groups in total. The fourth-order valence-corrected chi connectivity index (χ4v) is 1.86. The zero-order chi connectivity index (χ0) is 15.7. The molecule has 0 aliphatic heterocycles. The van der Waals surface area contributed by atoms with Crippen molar-refractivity contribution in [1.82, 2.24) is 0 Å². The molecule has 1 aromatic rings. The molecule has 4 heteroatoms. The van der Waals surface area contributed by atoms with Crippen LogP contribution in [0.5, 0.6) is 5.75 Å². The maximum Gasteiger partial charge on any atom is 0.248 e. The standard InChI is InChI=1S/C17H23NO3/c1-4-13(5-2)7-10-17(20)18-15-8-9-16(21-6-3)14(11-15)12-19/h4,7-11,19H,5-6,12H2,1-3H3,(H,18,20)/b10-7+,13-4?. The minimum atomic E-state index is -0.198. The smallest absolute Gasteiger partial charge is 0.248 e. The van der Waals surface area contributed by atoms with Crippen LogP contribution >= 0.6 is 0 Å². The highest BCUT2D eigenvalue weighted by molar-refractivity contribution is 5.99. The van der Waals surface area contributed by atoms with Gasteiger partial charge in [0.25, 0.3) is 0 Å². The Bertz CT molecular complexity index is 533. The second-order valence-electron chi connectivity index (χ2n) is 4.45. The average Bonchev–Trinajstić information content (AvgIpc) is 2.50. The summed E-state index contributed by atoms with van der Waals surface area (Å²) in [5.41, 5.74) is 2.39. The molecule has 0 heterocycles. The van der Waals surface area contributed by atoms with Crippen LogP contribution in [0.25, 0.3) is 0 Å². The number of aliphatic hydroxyl groups is 1. The molecular formula is C17H23NO3. The van der Waals surface area contributed by atoms with Crippen LogP contribution in [0.2, 0.25) is 0 Å². The third-order valence-corrected chi connectivity index (χ3v) is 3.03. The Morgan fingerprint density at radius 1 is 1.33 bits per heavy atom. The minimum Gasteiger partial charge on any atom is -0.494 e. The second-order valence-corrected chi connectivity index (χ2v) is 4.45. The molecule has 0 aromatic heterocycles. The van der Waals surface area contributed by atoms with Crippen LogP contribution in [0.4, 0.5) is 5.69 Å². The van der Waals surface area contributed by atoms with E-state index in [1.165, 1.54) is 6.08 Å². The number of aliphatic hydroxyl groups excluding tert-OH is 1. The Morgan fingerprint density at radius 3 is 2.67 bits per heavy atom. The van der Waals surface area contributed by atoms with Gasteiger partial charge in [0, 0.05) is 17.3 Å². The molecule has 0 spiro atoms. The molecule has 0 fully saturated rings. The van der Waals surface area contributed by atoms with Gasteiger partial charge in [-0.1, -0.05) is 24.6 Å². The predicted octanol–water partition coefficient (Wildman–Crippen LogP) is 3.43. The Hall–Kier alpha value is -2.07. The number of hydrogen-bond donors (Lipinski definition) is 2. The molecule has 0 aliphatic carbocycles. The zero-order valence-corrected chi connectivity index (χ0v) is 12.8. The number of rotatable bonds is 7. The highest BCUT2D eigenvalue weighted by Gasteiger charge is 2.05. The fraction of sp³-hybridized carbons (Fsp3) is 0.353. The van der Waals surface area contributed by atoms with Gasteiger partial charge in [0.2, 0.25) is 5.91 Å². The Morgan fingerprint density at radius 2 is 2.10 bits per heavy atom. The normalized spacial score (nSPS) is 11.7. The number of ether oxygens (including phenoxy) is 1. The molecule has 4 nitrogen and oxygen atoms in total. The summed E-state index contributed by atoms with van der Waals surface area (Å²) < 4.78 is 5.40. The zero-order valence-electron chi connectivity index (χ0n) is 12.8. The average molecular weight is 289 g/mol. The summed E-state index contributed by atoms with van der Waals surface area (Å²) >= 11 is 0. The van der Waals surface area contributed by atoms with E-state index >= 15 is 0 Å². The topological polar surface area (TPSA) is 58.6 Å². The summed E-state index contributed by atoms with van der Waals surface area (Å²) in [6.45, 7) is 6.27. The van der Waals surface area contributed by atoms with Crippen molar-refractivity contribution in [1.29, 1.82) is 0 Å². The first kappa shape index (κ1) is 17.0. The third kappa shape index (κ3) is 5.44. The van der Waals surface area contributed by atoms with Gasteiger partial charge in [-0.15, -0.1) is 0 Å². The van der Waals surface area contributed by atoms with Gasteiger partial charge in [-0.25, -0.2) is 0 Å². The first-order valence-electron chi connectivity index (χ1n) is 7.15. The van der Waals surface area contributed by atoms with Crippen LogP contribution in [-0.2, 0) is 11.4 Å². The van der Waals surface area contributed by atoms with E-state index in [-0.39, 0.29) is 12.5 Å². The monoisotopic (exact) mass is 289 g/mol. The van der Waals surface area contributed by atoms with E-state index in [4.69, 9.17) is 4.74 Å². The van der Waals surface area contributed by atoms with Crippen molar-refractivity contribution in [3.05, 3.63) is 47.6 Å². The maximum absolute atomic E-state index is 11.8. The molecule has 0 aliphatic rings. The number of carbonyl (C=O) groups is 1. The SMILES string of the molecule is CC=C(/C=C/C(=O)Nc1ccc(OCC)c(CO)c1)CC. The number of allylic oxidation sites excluding steroid dienone is 3. The summed E-state index contributed by atoms with van der Waals surface area (Å²) in [6, 6.07) is 5.22. The molecule has 1 aromatic carbocycles. The molecule has 0 radical (unpaired) electrons. The highest BCUT2D eigenvalue weighted by Crippen LogP contribution is 2.23. The molecule has 21 heavy (non-hydrogen) atoms. The van der Waals surface area contributed by atoms with E-state index in [9.17, 15) is 9.90 Å². The largest absolute Gasteiger partial charge is 0.494 e. The van der Waals surface area contributed by atoms with Gasteiger partial charge in [-0.3, -0.25) is 4.79 Å². The van der Waals surface area contributed by atoms with Crippen LogP contribution in [0.1, 0.15) is 32.8 Å². The van der Waals surface area contributed by atoms with E-state index in [1.54, 1.807) is 24.3 Å². The first-order chi connectivity index (χ1) is 10.1. The fourth-order valence-electron chi connectivity index (χ4n) is 1.86. The van der Waals surface area contributed by atoms with Crippen LogP contribution in [0.3, 0.4) is 0 Å². The van der Waals surface area contributed by atoms with Gasteiger partial charge in [0.1, 0.15) is 5.75 Å². The molecule has 114 valence electrons. The van der Waals surface area contributed by atoms with Crippen LogP contribution in [0, 0.1) is 0 Å². The van der Waals surface area contributed by atoms with Gasteiger partial charge in [-0.05, 0) is 38.5 Å². The molecular weight excluding hydrogens is 266 g/mol. The van der Waals surface area contributed by atoms with Crippen molar-refractivity contribution in [2.24, 2.45) is 0 Å². The molecule has 0 atom stereocenters. The van der Waals surface area contributed by atoms with E-state index in [2.05, 4.69) is 5.32 Å². The Balaban J connectivity index is 2.77. The van der Waals surface area contributed by atoms with Crippen molar-refractivity contribution in [3.8, 4) is 5.75 Å². The second kappa shape index (κ2) is 8.97. The number of anilines is 1. The van der Waals surface area contributed by atoms with Gasteiger partial charge in [-0.2, -0.15) is 0 Å². The van der Waals surface area contributed by atoms with Crippen LogP contribution < -0.4 is 10.1 Å². The third-order valence-electron chi connectivity index (χ3n) is 3.03. The first-order valence-corrected chi connectivity index (χ1v) is 7.15. The van der Waals surface area contributed by atoms with Gasteiger partial charge >= 0.3 is 0 Å². The molecule has 0 unspecified atom stereocenters. The number of hydrogen-bond acceptors (Lipinski definition) is 3. The lowest BCUT2D eigenvalue weighted by Crippen LogP contribution is -2.08. The van der Waals surface area contributed by atoms with Crippen molar-refractivity contribution >= 4 is 11.6 Å². The summed E-state index contributed by atoms with van der Waals surface area (Å²) in [5.74, 6) is 0.437. The lowest BCUT2D eigenvalue weighted by molar-refractivity contribution is -0.111. The summed E-state index contributed by atoms with van der Waals surface area (Å²) in [4.78, 5) is 11.8. The van der Waals surface area contributed by atoms with E-state index in [1.807, 2.05) is 26.8 Å². The van der Waals surface area contributed by atoms with Crippen molar-refractivity contribution in [2.75, 3.05) is 11.9 Å². The quantitative estimate of drug-likeness (QED) is 0.597. The Labute approximate surface area is 126 Å². The number of nitrogens with one attached hydrogen (secondary N) is 1. The van der Waals surface area contributed by atoms with Gasteiger partial charge in [0.15, 0.2) is 0 Å². The van der Waals surface area contributed by atoms with E-state index in [0.717, 1.165) is 12.0 Å². The number of carbonyl (C=O) groups excluding carboxylic acids is 1. The Kier molecular flexibility index (Phi) is 7.26. The number of amides is 1. The number of benzene rings is 1. The van der Waals surface area contributed by atoms with Crippen molar-refractivity contribution < 1.29 is 14.6 Å². The molecule has 0 saturated heterocycles. The maximum atomic E-state index is 11.8. The highest BCUT2D eigenvalue weighted by atomic mass is 16.5. The van der Waals surface area contributed by atoms with Crippen molar-refractivity contribution in [3.63, 3.8) is 0 Å². The molecule has 0 saturated carbocycles. The van der Waals surface area contributed by atoms with Crippen LogP contribution in [0.15, 0.2) is 42.0 Å². The van der Waals surface area contributed by atoms with E-state index in [0.29, 0.717) is 23.6 Å². The van der Waals surface area contributed by atoms with Gasteiger partial charge < -0.3 is 15.2 Å². The summed E-state index contributed by atoms with van der Waals surface area (Å²) in [7, 11) is 0. The predicted molar refractivity (Wildman–Crippen MR) is 85.4 cm³/mol. The van der Waals surface area contributed by atoms with Crippen LogP contribution in [-0.4, -0.2) is 17.6 Å². The lowest BCUT2D eigenvalue weighted by Gasteiger charge is -2.10. The summed E-state index contributed by atoms with van der Waals surface area (Å²) in [6.07, 6.45) is 6.17. The molecule has 1 rings (SSSR count).